The Hall–Kier alpha value is -2.14. The van der Waals surface area contributed by atoms with Gasteiger partial charge in [-0.25, -0.2) is 4.98 Å². The molecule has 5 heteroatoms. The van der Waals surface area contributed by atoms with E-state index in [-0.39, 0.29) is 5.91 Å². The number of aromatic nitrogens is 2. The number of carbonyl (C=O) groups excluding carboxylic acids is 1. The molecular formula is C18H24N4O. The molecule has 1 aromatic carbocycles. The van der Waals surface area contributed by atoms with E-state index in [1.807, 2.05) is 35.0 Å². The minimum atomic E-state index is 0.00353. The van der Waals surface area contributed by atoms with Crippen molar-refractivity contribution in [3.05, 3.63) is 48.5 Å². The average molecular weight is 312 g/mol. The zero-order chi connectivity index (χ0) is 16.1. The Morgan fingerprint density at radius 3 is 2.83 bits per heavy atom. The monoisotopic (exact) mass is 312 g/mol. The lowest BCUT2D eigenvalue weighted by molar-refractivity contribution is 0.0918. The Labute approximate surface area is 137 Å². The molecule has 3 rings (SSSR count). The number of hydrogen-bond acceptors (Lipinski definition) is 3. The lowest BCUT2D eigenvalue weighted by Crippen LogP contribution is -2.46. The average Bonchev–Trinajstić information content (AvgIpc) is 3.14. The van der Waals surface area contributed by atoms with Crippen molar-refractivity contribution in [2.45, 2.75) is 32.2 Å². The molecule has 122 valence electrons. The molecule has 2 heterocycles. The van der Waals surface area contributed by atoms with Gasteiger partial charge in [0.15, 0.2) is 0 Å². The number of rotatable bonds is 5. The van der Waals surface area contributed by atoms with Crippen molar-refractivity contribution in [2.75, 3.05) is 19.6 Å². The summed E-state index contributed by atoms with van der Waals surface area (Å²) in [6.45, 7) is 5.13. The van der Waals surface area contributed by atoms with Gasteiger partial charge >= 0.3 is 0 Å². The maximum atomic E-state index is 12.3. The number of likely N-dealkylation sites (tertiary alicyclic amines) is 1. The molecule has 1 aliphatic heterocycles. The Balaban J connectivity index is 1.57. The first kappa shape index (κ1) is 15.7. The third-order valence-electron chi connectivity index (χ3n) is 4.59. The number of imidazole rings is 1. The van der Waals surface area contributed by atoms with Crippen molar-refractivity contribution in [3.8, 4) is 5.69 Å². The van der Waals surface area contributed by atoms with Crippen molar-refractivity contribution < 1.29 is 4.79 Å². The highest BCUT2D eigenvalue weighted by Gasteiger charge is 2.21. The Bertz CT molecular complexity index is 621. The van der Waals surface area contributed by atoms with E-state index in [0.717, 1.165) is 25.3 Å². The summed E-state index contributed by atoms with van der Waals surface area (Å²) in [6, 6.07) is 8.08. The summed E-state index contributed by atoms with van der Waals surface area (Å²) in [4.78, 5) is 18.8. The molecule has 0 saturated carbocycles. The van der Waals surface area contributed by atoms with Gasteiger partial charge in [0.25, 0.3) is 5.91 Å². The second-order valence-electron chi connectivity index (χ2n) is 6.01. The standard InChI is InChI=1S/C18H24N4O/c1-2-21-11-4-3-5-17(21)13-20-18(23)15-6-8-16(9-7-15)22-12-10-19-14-22/h6-10,12,14,17H,2-5,11,13H2,1H3,(H,20,23). The number of carbonyl (C=O) groups is 1. The van der Waals surface area contributed by atoms with Crippen molar-refractivity contribution in [2.24, 2.45) is 0 Å². The van der Waals surface area contributed by atoms with Gasteiger partial charge in [0.2, 0.25) is 0 Å². The molecule has 1 fully saturated rings. The van der Waals surface area contributed by atoms with Crippen LogP contribution in [-0.2, 0) is 0 Å². The fourth-order valence-electron chi connectivity index (χ4n) is 3.22. The van der Waals surface area contributed by atoms with Gasteiger partial charge in [-0.05, 0) is 50.2 Å². The summed E-state index contributed by atoms with van der Waals surface area (Å²) in [5.41, 5.74) is 1.70. The van der Waals surface area contributed by atoms with Crippen LogP contribution >= 0.6 is 0 Å². The van der Waals surface area contributed by atoms with Crippen LogP contribution in [-0.4, -0.2) is 46.0 Å². The highest BCUT2D eigenvalue weighted by molar-refractivity contribution is 5.94. The van der Waals surface area contributed by atoms with Crippen LogP contribution in [0.1, 0.15) is 36.5 Å². The molecule has 1 N–H and O–H groups in total. The van der Waals surface area contributed by atoms with E-state index in [1.165, 1.54) is 19.3 Å². The van der Waals surface area contributed by atoms with Crippen molar-refractivity contribution in [1.29, 1.82) is 0 Å². The third kappa shape index (κ3) is 3.79. The molecule has 1 aliphatic rings. The minimum absolute atomic E-state index is 0.00353. The summed E-state index contributed by atoms with van der Waals surface area (Å²) >= 11 is 0. The van der Waals surface area contributed by atoms with Crippen LogP contribution in [0.15, 0.2) is 43.0 Å². The SMILES string of the molecule is CCN1CCCCC1CNC(=O)c1ccc(-n2ccnc2)cc1. The van der Waals surface area contributed by atoms with E-state index >= 15 is 0 Å². The predicted molar refractivity (Wildman–Crippen MR) is 90.8 cm³/mol. The van der Waals surface area contributed by atoms with Crippen molar-refractivity contribution in [3.63, 3.8) is 0 Å². The number of piperidine rings is 1. The number of nitrogens with one attached hydrogen (secondary N) is 1. The molecule has 0 aliphatic carbocycles. The van der Waals surface area contributed by atoms with E-state index in [9.17, 15) is 4.79 Å². The topological polar surface area (TPSA) is 50.2 Å². The zero-order valence-corrected chi connectivity index (χ0v) is 13.6. The third-order valence-corrected chi connectivity index (χ3v) is 4.59. The largest absolute Gasteiger partial charge is 0.350 e. The Kier molecular flexibility index (Phi) is 5.08. The first-order valence-electron chi connectivity index (χ1n) is 8.38. The highest BCUT2D eigenvalue weighted by Crippen LogP contribution is 2.16. The maximum Gasteiger partial charge on any atom is 0.251 e. The first-order valence-corrected chi connectivity index (χ1v) is 8.38. The van der Waals surface area contributed by atoms with Gasteiger partial charge < -0.3 is 9.88 Å². The number of hydrogen-bond donors (Lipinski definition) is 1. The number of nitrogens with zero attached hydrogens (tertiary/aromatic N) is 3. The van der Waals surface area contributed by atoms with Gasteiger partial charge in [0.05, 0.1) is 6.33 Å². The van der Waals surface area contributed by atoms with Gasteiger partial charge in [-0.1, -0.05) is 13.3 Å². The maximum absolute atomic E-state index is 12.3. The van der Waals surface area contributed by atoms with E-state index in [2.05, 4.69) is 22.1 Å². The molecule has 1 aromatic heterocycles. The molecule has 1 unspecified atom stereocenters. The lowest BCUT2D eigenvalue weighted by atomic mass is 10.0. The molecule has 1 saturated heterocycles. The fourth-order valence-corrected chi connectivity index (χ4v) is 3.22. The first-order chi connectivity index (χ1) is 11.3. The quantitative estimate of drug-likeness (QED) is 0.923. The Morgan fingerprint density at radius 1 is 1.30 bits per heavy atom. The second kappa shape index (κ2) is 7.42. The van der Waals surface area contributed by atoms with E-state index < -0.39 is 0 Å². The molecule has 23 heavy (non-hydrogen) atoms. The molecule has 5 nitrogen and oxygen atoms in total. The summed E-state index contributed by atoms with van der Waals surface area (Å²) in [5.74, 6) is 0.00353. The highest BCUT2D eigenvalue weighted by atomic mass is 16.1. The van der Waals surface area contributed by atoms with Crippen LogP contribution in [0.4, 0.5) is 0 Å². The van der Waals surface area contributed by atoms with Crippen LogP contribution in [0.3, 0.4) is 0 Å². The van der Waals surface area contributed by atoms with E-state index in [0.29, 0.717) is 11.6 Å². The molecule has 1 atom stereocenters. The summed E-state index contributed by atoms with van der Waals surface area (Å²) < 4.78 is 1.92. The van der Waals surface area contributed by atoms with Gasteiger partial charge in [0, 0.05) is 36.2 Å². The van der Waals surface area contributed by atoms with E-state index in [1.54, 1.807) is 12.5 Å². The second-order valence-corrected chi connectivity index (χ2v) is 6.01. The molecule has 0 bridgehead atoms. The lowest BCUT2D eigenvalue weighted by Gasteiger charge is -2.34. The number of benzene rings is 1. The van der Waals surface area contributed by atoms with Gasteiger partial charge in [-0.2, -0.15) is 0 Å². The normalized spacial score (nSPS) is 18.7. The van der Waals surface area contributed by atoms with Crippen LogP contribution < -0.4 is 5.32 Å². The summed E-state index contributed by atoms with van der Waals surface area (Å²) in [6.07, 6.45) is 9.08. The predicted octanol–water partition coefficient (Wildman–Crippen LogP) is 2.48. The molecular weight excluding hydrogens is 288 g/mol. The number of likely N-dealkylation sites (N-methyl/N-ethyl adjacent to an activating group) is 1. The van der Waals surface area contributed by atoms with Crippen LogP contribution in [0.2, 0.25) is 0 Å². The molecule has 0 spiro atoms. The smallest absolute Gasteiger partial charge is 0.251 e. The fraction of sp³-hybridized carbons (Fsp3) is 0.444. The van der Waals surface area contributed by atoms with Gasteiger partial charge in [-0.3, -0.25) is 9.69 Å². The number of amides is 1. The van der Waals surface area contributed by atoms with Gasteiger partial charge in [-0.15, -0.1) is 0 Å². The van der Waals surface area contributed by atoms with Crippen LogP contribution in [0, 0.1) is 0 Å². The minimum Gasteiger partial charge on any atom is -0.350 e. The summed E-state index contributed by atoms with van der Waals surface area (Å²) in [7, 11) is 0. The van der Waals surface area contributed by atoms with Gasteiger partial charge in [0.1, 0.15) is 0 Å². The van der Waals surface area contributed by atoms with E-state index in [4.69, 9.17) is 0 Å². The van der Waals surface area contributed by atoms with Crippen molar-refractivity contribution >= 4 is 5.91 Å². The molecule has 0 radical (unpaired) electrons. The molecule has 2 aromatic rings. The van der Waals surface area contributed by atoms with Crippen LogP contribution in [0.25, 0.3) is 5.69 Å². The zero-order valence-electron chi connectivity index (χ0n) is 13.6. The van der Waals surface area contributed by atoms with Crippen molar-refractivity contribution in [1.82, 2.24) is 19.8 Å². The molecule has 1 amide bonds. The van der Waals surface area contributed by atoms with Crippen LogP contribution in [0.5, 0.6) is 0 Å². The Morgan fingerprint density at radius 2 is 2.13 bits per heavy atom. The summed E-state index contributed by atoms with van der Waals surface area (Å²) in [5, 5.41) is 3.09.